The number of sulfonamides is 1. The molecule has 0 fully saturated rings. The van der Waals surface area contributed by atoms with E-state index in [1.54, 1.807) is 24.3 Å². The summed E-state index contributed by atoms with van der Waals surface area (Å²) in [6, 6.07) is 17.9. The summed E-state index contributed by atoms with van der Waals surface area (Å²) in [4.78, 5) is 28.8. The van der Waals surface area contributed by atoms with Crippen LogP contribution in [0.15, 0.2) is 71.6 Å². The number of methoxy groups -OCH3 is 2. The van der Waals surface area contributed by atoms with Crippen molar-refractivity contribution in [3.8, 4) is 11.5 Å². The highest BCUT2D eigenvalue weighted by Gasteiger charge is 2.35. The molecule has 0 aliphatic heterocycles. The van der Waals surface area contributed by atoms with Crippen molar-refractivity contribution >= 4 is 27.5 Å². The summed E-state index contributed by atoms with van der Waals surface area (Å²) >= 11 is 0. The summed E-state index contributed by atoms with van der Waals surface area (Å²) in [6.45, 7) is 7.39. The van der Waals surface area contributed by atoms with Crippen LogP contribution >= 0.6 is 0 Å². The fraction of sp³-hybridized carbons (Fsp3) is 0.355. The zero-order valence-electron chi connectivity index (χ0n) is 24.5. The van der Waals surface area contributed by atoms with Crippen LogP contribution in [0.25, 0.3) is 0 Å². The van der Waals surface area contributed by atoms with Gasteiger partial charge in [0.05, 0.1) is 24.8 Å². The van der Waals surface area contributed by atoms with Gasteiger partial charge in [0.15, 0.2) is 0 Å². The molecule has 0 saturated carbocycles. The lowest BCUT2D eigenvalue weighted by Crippen LogP contribution is -2.52. The van der Waals surface area contributed by atoms with Crippen molar-refractivity contribution < 1.29 is 27.5 Å². The number of hydrogen-bond donors (Lipinski definition) is 1. The van der Waals surface area contributed by atoms with Gasteiger partial charge in [0, 0.05) is 19.2 Å². The largest absolute Gasteiger partial charge is 0.497 e. The third-order valence-electron chi connectivity index (χ3n) is 6.88. The number of nitrogens with one attached hydrogen (secondary N) is 1. The minimum absolute atomic E-state index is 0.0157. The van der Waals surface area contributed by atoms with Gasteiger partial charge in [-0.15, -0.1) is 0 Å². The molecule has 3 aromatic carbocycles. The highest BCUT2D eigenvalue weighted by molar-refractivity contribution is 7.92. The van der Waals surface area contributed by atoms with Crippen LogP contribution < -0.4 is 19.1 Å². The number of carbonyl (C=O) groups excluding carboxylic acids is 2. The van der Waals surface area contributed by atoms with Crippen LogP contribution in [0.2, 0.25) is 0 Å². The smallest absolute Gasteiger partial charge is 0.264 e. The molecule has 0 unspecified atom stereocenters. The van der Waals surface area contributed by atoms with Gasteiger partial charge in [0.1, 0.15) is 24.1 Å². The molecule has 2 amide bonds. The first-order valence-electron chi connectivity index (χ1n) is 13.5. The Morgan fingerprint density at radius 1 is 0.927 bits per heavy atom. The molecule has 0 saturated heterocycles. The lowest BCUT2D eigenvalue weighted by atomic mass is 10.1. The quantitative estimate of drug-likeness (QED) is 0.320. The Morgan fingerprint density at radius 2 is 1.61 bits per heavy atom. The summed E-state index contributed by atoms with van der Waals surface area (Å²) in [7, 11) is -1.35. The standard InChI is InChI=1S/C31H39N3O6S/c1-7-27(31(36)32-8-2)33(20-24-12-10-9-11-23(24)4)30(35)21-34(28-19-25(39-5)15-18-29(28)40-6)41(37,38)26-16-13-22(3)14-17-26/h9-19,27H,7-8,20-21H2,1-6H3,(H,32,36)/t27-/m0/s1. The van der Waals surface area contributed by atoms with E-state index in [0.29, 0.717) is 18.7 Å². The van der Waals surface area contributed by atoms with Crippen molar-refractivity contribution in [2.24, 2.45) is 0 Å². The second-order valence-corrected chi connectivity index (χ2v) is 11.5. The molecule has 0 heterocycles. The molecule has 10 heteroatoms. The fourth-order valence-corrected chi connectivity index (χ4v) is 5.94. The van der Waals surface area contributed by atoms with Crippen molar-refractivity contribution in [2.45, 2.75) is 51.6 Å². The van der Waals surface area contributed by atoms with Crippen molar-refractivity contribution in [3.63, 3.8) is 0 Å². The second kappa shape index (κ2) is 14.0. The molecular weight excluding hydrogens is 542 g/mol. The van der Waals surface area contributed by atoms with Crippen LogP contribution in [0, 0.1) is 13.8 Å². The van der Waals surface area contributed by atoms with Gasteiger partial charge in [-0.1, -0.05) is 48.9 Å². The summed E-state index contributed by atoms with van der Waals surface area (Å²) in [6.07, 6.45) is 0.344. The maximum atomic E-state index is 14.2. The van der Waals surface area contributed by atoms with Gasteiger partial charge in [0.25, 0.3) is 10.0 Å². The number of carbonyl (C=O) groups is 2. The van der Waals surface area contributed by atoms with E-state index in [0.717, 1.165) is 21.0 Å². The molecule has 9 nitrogen and oxygen atoms in total. The molecule has 220 valence electrons. The molecule has 3 aromatic rings. The summed E-state index contributed by atoms with van der Waals surface area (Å²) in [5, 5.41) is 2.81. The van der Waals surface area contributed by atoms with Crippen LogP contribution in [-0.4, -0.2) is 58.5 Å². The molecular formula is C31H39N3O6S. The van der Waals surface area contributed by atoms with Crippen LogP contribution in [0.1, 0.15) is 37.0 Å². The monoisotopic (exact) mass is 581 g/mol. The molecule has 1 atom stereocenters. The van der Waals surface area contributed by atoms with Crippen LogP contribution in [0.5, 0.6) is 11.5 Å². The number of rotatable bonds is 13. The molecule has 0 aliphatic carbocycles. The number of anilines is 1. The van der Waals surface area contributed by atoms with E-state index < -0.39 is 28.5 Å². The third-order valence-corrected chi connectivity index (χ3v) is 8.66. The number of ether oxygens (including phenoxy) is 2. The lowest BCUT2D eigenvalue weighted by Gasteiger charge is -2.33. The van der Waals surface area contributed by atoms with Crippen LogP contribution in [0.3, 0.4) is 0 Å². The molecule has 41 heavy (non-hydrogen) atoms. The van der Waals surface area contributed by atoms with Gasteiger partial charge in [-0.3, -0.25) is 13.9 Å². The number of aryl methyl sites for hydroxylation is 2. The summed E-state index contributed by atoms with van der Waals surface area (Å²) in [5.41, 5.74) is 2.84. The maximum Gasteiger partial charge on any atom is 0.264 e. The summed E-state index contributed by atoms with van der Waals surface area (Å²) < 4.78 is 40.2. The first kappa shape index (κ1) is 31.5. The second-order valence-electron chi connectivity index (χ2n) is 9.63. The van der Waals surface area contributed by atoms with Gasteiger partial charge in [-0.25, -0.2) is 8.42 Å². The van der Waals surface area contributed by atoms with Gasteiger partial charge in [-0.2, -0.15) is 0 Å². The normalized spacial score (nSPS) is 11.9. The van der Waals surface area contributed by atoms with E-state index in [4.69, 9.17) is 9.47 Å². The van der Waals surface area contributed by atoms with Crippen molar-refractivity contribution in [1.82, 2.24) is 10.2 Å². The number of amides is 2. The minimum atomic E-state index is -4.25. The predicted molar refractivity (Wildman–Crippen MR) is 160 cm³/mol. The number of hydrogen-bond acceptors (Lipinski definition) is 6. The average Bonchev–Trinajstić information content (AvgIpc) is 2.96. The molecule has 0 spiro atoms. The van der Waals surface area contributed by atoms with Crippen molar-refractivity contribution in [3.05, 3.63) is 83.4 Å². The number of nitrogens with zero attached hydrogens (tertiary/aromatic N) is 2. The Kier molecular flexibility index (Phi) is 10.8. The number of likely N-dealkylation sites (N-methyl/N-ethyl adjacent to an activating group) is 1. The van der Waals surface area contributed by atoms with E-state index >= 15 is 0 Å². The van der Waals surface area contributed by atoms with Crippen molar-refractivity contribution in [1.29, 1.82) is 0 Å². The zero-order valence-corrected chi connectivity index (χ0v) is 25.3. The van der Waals surface area contributed by atoms with Gasteiger partial charge in [0.2, 0.25) is 11.8 Å². The SMILES string of the molecule is CCNC(=O)[C@H](CC)N(Cc1ccccc1C)C(=O)CN(c1cc(OC)ccc1OC)S(=O)(=O)c1ccc(C)cc1. The molecule has 0 radical (unpaired) electrons. The highest BCUT2D eigenvalue weighted by atomic mass is 32.2. The Morgan fingerprint density at radius 3 is 2.20 bits per heavy atom. The Hall–Kier alpha value is -4.05. The fourth-order valence-electron chi connectivity index (χ4n) is 4.53. The van der Waals surface area contributed by atoms with Gasteiger partial charge in [-0.05, 0) is 62.6 Å². The molecule has 0 aromatic heterocycles. The van der Waals surface area contributed by atoms with E-state index in [2.05, 4.69) is 5.32 Å². The van der Waals surface area contributed by atoms with E-state index in [9.17, 15) is 18.0 Å². The van der Waals surface area contributed by atoms with Gasteiger partial charge >= 0.3 is 0 Å². The summed E-state index contributed by atoms with van der Waals surface area (Å²) in [5.74, 6) is -0.200. The van der Waals surface area contributed by atoms with Gasteiger partial charge < -0.3 is 19.7 Å². The Balaban J connectivity index is 2.16. The predicted octanol–water partition coefficient (Wildman–Crippen LogP) is 4.46. The maximum absolute atomic E-state index is 14.2. The molecule has 0 aliphatic rings. The van der Waals surface area contributed by atoms with Crippen LogP contribution in [-0.2, 0) is 26.2 Å². The number of benzene rings is 3. The molecule has 3 rings (SSSR count). The minimum Gasteiger partial charge on any atom is -0.497 e. The first-order chi connectivity index (χ1) is 19.6. The third kappa shape index (κ3) is 7.38. The zero-order chi connectivity index (χ0) is 30.2. The molecule has 1 N–H and O–H groups in total. The van der Waals surface area contributed by atoms with Crippen LogP contribution in [0.4, 0.5) is 5.69 Å². The van der Waals surface area contributed by atoms with Crippen molar-refractivity contribution in [2.75, 3.05) is 31.6 Å². The van der Waals surface area contributed by atoms with E-state index in [1.165, 1.54) is 37.3 Å². The topological polar surface area (TPSA) is 105 Å². The lowest BCUT2D eigenvalue weighted by molar-refractivity contribution is -0.140. The first-order valence-corrected chi connectivity index (χ1v) is 14.9. The Labute approximate surface area is 243 Å². The van der Waals surface area contributed by atoms with E-state index in [1.807, 2.05) is 52.0 Å². The Bertz CT molecular complexity index is 1460. The average molecular weight is 582 g/mol. The molecule has 0 bridgehead atoms. The van der Waals surface area contributed by atoms with E-state index in [-0.39, 0.29) is 28.8 Å². The highest BCUT2D eigenvalue weighted by Crippen LogP contribution is 2.36.